The molecule has 0 amide bonds. The van der Waals surface area contributed by atoms with Crippen LogP contribution in [0.15, 0.2) is 45.0 Å². The number of hydrogen-bond acceptors (Lipinski definition) is 4. The highest BCUT2D eigenvalue weighted by Gasteiger charge is 2.97. The number of alkyl halides is 12. The molecule has 5 aliphatic carbocycles. The highest BCUT2D eigenvalue weighted by Crippen LogP contribution is 2.81. The molecule has 2 atom stereocenters. The van der Waals surface area contributed by atoms with Gasteiger partial charge in [0.05, 0.1) is 13.2 Å². The van der Waals surface area contributed by atoms with Crippen LogP contribution in [0.1, 0.15) is 27.7 Å². The Kier molecular flexibility index (Phi) is 5.63. The summed E-state index contributed by atoms with van der Waals surface area (Å²) >= 11 is 0. The lowest BCUT2D eigenvalue weighted by atomic mass is 9.45. The van der Waals surface area contributed by atoms with Gasteiger partial charge in [-0.15, -0.1) is 0 Å². The van der Waals surface area contributed by atoms with Crippen molar-refractivity contribution in [2.24, 2.45) is 0 Å². The van der Waals surface area contributed by atoms with Crippen molar-refractivity contribution in [1.82, 2.24) is 0 Å². The number of fused-ring (bicyclic) bond motifs is 6. The fraction of sp³-hybridized carbons (Fsp3) is 0.667. The summed E-state index contributed by atoms with van der Waals surface area (Å²) in [6.45, 7) is 0.541. The van der Waals surface area contributed by atoms with Crippen molar-refractivity contribution in [3.8, 4) is 0 Å². The Labute approximate surface area is 218 Å². The number of rotatable bonds is 8. The van der Waals surface area contributed by atoms with Crippen LogP contribution in [0.5, 0.6) is 0 Å². The summed E-state index contributed by atoms with van der Waals surface area (Å²) in [4.78, 5) is 0. The third kappa shape index (κ3) is 2.43. The van der Waals surface area contributed by atoms with E-state index in [2.05, 4.69) is 0 Å². The highest BCUT2D eigenvalue weighted by molar-refractivity contribution is 5.83. The van der Waals surface area contributed by atoms with Crippen LogP contribution in [0.2, 0.25) is 0 Å². The van der Waals surface area contributed by atoms with E-state index in [0.29, 0.717) is 0 Å². The third-order valence-electron chi connectivity index (χ3n) is 7.70. The SMILES string of the molecule is CCOC1=C2C3=C(C4=C(C5=C(OCC)C(F)(F)C5(OCC)C2(OCC)C1(F)F)C(F)(F)C4(F)F)C(F)(F)C3(F)F. The van der Waals surface area contributed by atoms with Gasteiger partial charge in [-0.25, -0.2) is 0 Å². The first-order chi connectivity index (χ1) is 18.2. The zero-order valence-electron chi connectivity index (χ0n) is 21.0. The molecule has 5 aliphatic rings. The monoisotopic (exact) mass is 600 g/mol. The second-order valence-electron chi connectivity index (χ2n) is 9.45. The van der Waals surface area contributed by atoms with Gasteiger partial charge in [0.2, 0.25) is 11.2 Å². The number of ether oxygens (including phenoxy) is 4. The van der Waals surface area contributed by atoms with Crippen molar-refractivity contribution >= 4 is 0 Å². The van der Waals surface area contributed by atoms with Crippen LogP contribution < -0.4 is 0 Å². The highest BCUT2D eigenvalue weighted by atomic mass is 19.3. The second-order valence-corrected chi connectivity index (χ2v) is 9.45. The van der Waals surface area contributed by atoms with E-state index in [9.17, 15) is 17.6 Å². The quantitative estimate of drug-likeness (QED) is 0.295. The van der Waals surface area contributed by atoms with Crippen LogP contribution in [0.25, 0.3) is 0 Å². The van der Waals surface area contributed by atoms with E-state index in [-0.39, 0.29) is 0 Å². The average molecular weight is 600 g/mol. The Morgan fingerprint density at radius 1 is 0.375 bits per heavy atom. The van der Waals surface area contributed by atoms with Crippen LogP contribution in [-0.4, -0.2) is 73.2 Å². The largest absolute Gasteiger partial charge is 0.491 e. The molecule has 0 bridgehead atoms. The van der Waals surface area contributed by atoms with Crippen molar-refractivity contribution in [3.63, 3.8) is 0 Å². The molecule has 0 aromatic rings. The molecular weight excluding hydrogens is 580 g/mol. The molecule has 0 fully saturated rings. The van der Waals surface area contributed by atoms with Crippen molar-refractivity contribution < 1.29 is 71.6 Å². The summed E-state index contributed by atoms with van der Waals surface area (Å²) in [7, 11) is 0. The predicted molar refractivity (Wildman–Crippen MR) is 110 cm³/mol. The van der Waals surface area contributed by atoms with Gasteiger partial charge in [-0.2, -0.15) is 52.7 Å². The van der Waals surface area contributed by atoms with Crippen LogP contribution in [0.4, 0.5) is 52.7 Å². The first-order valence-electron chi connectivity index (χ1n) is 12.1. The summed E-state index contributed by atoms with van der Waals surface area (Å²) in [6, 6.07) is 0. The molecule has 16 heteroatoms. The molecule has 0 aromatic carbocycles. The van der Waals surface area contributed by atoms with E-state index >= 15 is 35.1 Å². The first kappa shape index (κ1) is 29.1. The summed E-state index contributed by atoms with van der Waals surface area (Å²) in [5.41, 5.74) is -21.4. The summed E-state index contributed by atoms with van der Waals surface area (Å²) in [6.07, 6.45) is 0. The maximum absolute atomic E-state index is 16.1. The van der Waals surface area contributed by atoms with Gasteiger partial charge in [0, 0.05) is 46.7 Å². The van der Waals surface area contributed by atoms with Gasteiger partial charge in [-0.1, -0.05) is 0 Å². The minimum absolute atomic E-state index is 0.742. The van der Waals surface area contributed by atoms with Gasteiger partial charge in [-0.05, 0) is 27.7 Å². The van der Waals surface area contributed by atoms with Gasteiger partial charge >= 0.3 is 35.5 Å². The van der Waals surface area contributed by atoms with Gasteiger partial charge in [0.25, 0.3) is 0 Å². The Bertz CT molecular complexity index is 1220. The number of hydrogen-bond donors (Lipinski definition) is 0. The van der Waals surface area contributed by atoms with Crippen LogP contribution in [0.3, 0.4) is 0 Å². The molecule has 5 rings (SSSR count). The molecule has 0 aliphatic heterocycles. The summed E-state index contributed by atoms with van der Waals surface area (Å²) in [5.74, 6) is -35.8. The molecule has 0 saturated heterocycles. The van der Waals surface area contributed by atoms with E-state index in [1.54, 1.807) is 0 Å². The van der Waals surface area contributed by atoms with E-state index in [4.69, 9.17) is 18.9 Å². The lowest BCUT2D eigenvalue weighted by Crippen LogP contribution is -2.86. The minimum Gasteiger partial charge on any atom is -0.491 e. The van der Waals surface area contributed by atoms with E-state index in [0.717, 1.165) is 27.7 Å². The smallest absolute Gasteiger partial charge is 0.340 e. The summed E-state index contributed by atoms with van der Waals surface area (Å²) in [5, 5.41) is 0. The van der Waals surface area contributed by atoms with Crippen molar-refractivity contribution in [3.05, 3.63) is 45.0 Å². The Hall–Kier alpha value is -2.36. The molecular formula is C24H20F12O4. The number of allylic oxidation sites excluding steroid dienone is 2. The van der Waals surface area contributed by atoms with Gasteiger partial charge < -0.3 is 18.9 Å². The van der Waals surface area contributed by atoms with Crippen LogP contribution >= 0.6 is 0 Å². The normalized spacial score (nSPS) is 34.6. The summed E-state index contributed by atoms with van der Waals surface area (Å²) < 4.78 is 204. The van der Waals surface area contributed by atoms with Gasteiger partial charge in [-0.3, -0.25) is 0 Å². The molecule has 2 unspecified atom stereocenters. The van der Waals surface area contributed by atoms with Crippen LogP contribution in [-0.2, 0) is 18.9 Å². The Morgan fingerprint density at radius 2 is 0.625 bits per heavy atom. The van der Waals surface area contributed by atoms with Gasteiger partial charge in [0.1, 0.15) is 0 Å². The van der Waals surface area contributed by atoms with Crippen LogP contribution in [0, 0.1) is 0 Å². The molecule has 0 radical (unpaired) electrons. The third-order valence-corrected chi connectivity index (χ3v) is 7.70. The molecule has 40 heavy (non-hydrogen) atoms. The fourth-order valence-electron chi connectivity index (χ4n) is 6.35. The minimum atomic E-state index is -5.60. The molecule has 0 aromatic heterocycles. The average Bonchev–Trinajstić information content (AvgIpc) is 2.84. The van der Waals surface area contributed by atoms with E-state index < -0.39 is 118 Å². The molecule has 0 spiro atoms. The fourth-order valence-corrected chi connectivity index (χ4v) is 6.35. The lowest BCUT2D eigenvalue weighted by Gasteiger charge is -2.68. The molecule has 224 valence electrons. The Balaban J connectivity index is 2.10. The van der Waals surface area contributed by atoms with Crippen molar-refractivity contribution in [2.75, 3.05) is 26.4 Å². The molecule has 4 nitrogen and oxygen atoms in total. The molecule has 0 N–H and O–H groups in total. The van der Waals surface area contributed by atoms with E-state index in [1.165, 1.54) is 0 Å². The standard InChI is InChI=1S/C24H20F12O4/c1-5-37-15-13-11-9(19(25,26)21(11,29)30)10-12(22(31,32)20(10,27)28)14-16(38-6-2)24(35,36)18(14,40-8-4)17(13,39-7-3)23(15,33)34/h5-8H2,1-4H3. The number of halogens is 12. The van der Waals surface area contributed by atoms with Crippen molar-refractivity contribution in [2.45, 2.75) is 74.4 Å². The second kappa shape index (κ2) is 7.72. The van der Waals surface area contributed by atoms with Gasteiger partial charge in [0.15, 0.2) is 11.5 Å². The molecule has 0 heterocycles. The lowest BCUT2D eigenvalue weighted by molar-refractivity contribution is -0.353. The Morgan fingerprint density at radius 3 is 0.850 bits per heavy atom. The predicted octanol–water partition coefficient (Wildman–Crippen LogP) is 6.59. The zero-order valence-corrected chi connectivity index (χ0v) is 21.0. The first-order valence-corrected chi connectivity index (χ1v) is 12.1. The maximum atomic E-state index is 16.1. The maximum Gasteiger partial charge on any atom is 0.340 e. The topological polar surface area (TPSA) is 36.9 Å². The van der Waals surface area contributed by atoms with Crippen molar-refractivity contribution in [1.29, 1.82) is 0 Å². The zero-order chi connectivity index (χ0) is 30.3. The molecule has 0 saturated carbocycles. The van der Waals surface area contributed by atoms with E-state index in [1.807, 2.05) is 0 Å².